The minimum absolute atomic E-state index is 0.160. The monoisotopic (exact) mass is 187 g/mol. The van der Waals surface area contributed by atoms with Crippen LogP contribution >= 0.6 is 0 Å². The average Bonchev–Trinajstić information content (AvgIpc) is 2.00. The Morgan fingerprint density at radius 3 is 2.15 bits per heavy atom. The Morgan fingerprint density at radius 2 is 1.69 bits per heavy atom. The Labute approximate surface area is 82.9 Å². The maximum Gasteiger partial charge on any atom is 0.0524 e. The third-order valence-electron chi connectivity index (χ3n) is 2.25. The molecule has 0 spiro atoms. The van der Waals surface area contributed by atoms with Gasteiger partial charge in [-0.05, 0) is 45.7 Å². The van der Waals surface area contributed by atoms with Crippen LogP contribution in [0.5, 0.6) is 0 Å². The third kappa shape index (κ3) is 9.84. The molecule has 0 aromatic heterocycles. The first-order valence-corrected chi connectivity index (χ1v) is 5.39. The predicted molar refractivity (Wildman–Crippen MR) is 57.9 cm³/mol. The third-order valence-corrected chi connectivity index (χ3v) is 2.25. The lowest BCUT2D eigenvalue weighted by atomic mass is 10.1. The van der Waals surface area contributed by atoms with Crippen molar-refractivity contribution in [2.75, 3.05) is 20.1 Å². The minimum atomic E-state index is -0.160. The SMILES string of the molecule is CC(C)CCCN(C)CCC(C)O. The van der Waals surface area contributed by atoms with E-state index in [2.05, 4.69) is 25.8 Å². The van der Waals surface area contributed by atoms with Gasteiger partial charge in [-0.2, -0.15) is 0 Å². The number of hydrogen-bond donors (Lipinski definition) is 1. The highest BCUT2D eigenvalue weighted by atomic mass is 16.3. The van der Waals surface area contributed by atoms with Crippen molar-refractivity contribution >= 4 is 0 Å². The fraction of sp³-hybridized carbons (Fsp3) is 1.00. The Kier molecular flexibility index (Phi) is 7.29. The standard InChI is InChI=1S/C11H25NO/c1-10(2)6-5-8-12(4)9-7-11(3)13/h10-11,13H,5-9H2,1-4H3. The van der Waals surface area contributed by atoms with Crippen LogP contribution in [0.4, 0.5) is 0 Å². The summed E-state index contributed by atoms with van der Waals surface area (Å²) in [4.78, 5) is 2.30. The van der Waals surface area contributed by atoms with Gasteiger partial charge in [-0.3, -0.25) is 0 Å². The number of aliphatic hydroxyl groups is 1. The summed E-state index contributed by atoms with van der Waals surface area (Å²) in [5.74, 6) is 0.810. The molecule has 0 saturated heterocycles. The molecule has 0 bridgehead atoms. The maximum atomic E-state index is 9.09. The maximum absolute atomic E-state index is 9.09. The van der Waals surface area contributed by atoms with Crippen LogP contribution in [-0.2, 0) is 0 Å². The molecular formula is C11H25NO. The first-order chi connectivity index (χ1) is 6.02. The van der Waals surface area contributed by atoms with E-state index in [9.17, 15) is 0 Å². The van der Waals surface area contributed by atoms with E-state index in [-0.39, 0.29) is 6.10 Å². The lowest BCUT2D eigenvalue weighted by Crippen LogP contribution is -2.23. The molecule has 1 N–H and O–H groups in total. The number of hydrogen-bond acceptors (Lipinski definition) is 2. The fourth-order valence-electron chi connectivity index (χ4n) is 1.29. The van der Waals surface area contributed by atoms with Crippen molar-refractivity contribution in [1.29, 1.82) is 0 Å². The zero-order valence-electron chi connectivity index (χ0n) is 9.58. The number of aliphatic hydroxyl groups excluding tert-OH is 1. The molecule has 0 aromatic rings. The molecule has 0 saturated carbocycles. The molecule has 0 rings (SSSR count). The van der Waals surface area contributed by atoms with Gasteiger partial charge in [-0.1, -0.05) is 13.8 Å². The largest absolute Gasteiger partial charge is 0.393 e. The molecule has 0 aliphatic carbocycles. The van der Waals surface area contributed by atoms with Crippen LogP contribution in [0.25, 0.3) is 0 Å². The molecule has 0 radical (unpaired) electrons. The van der Waals surface area contributed by atoms with Crippen molar-refractivity contribution < 1.29 is 5.11 Å². The van der Waals surface area contributed by atoms with Gasteiger partial charge < -0.3 is 10.0 Å². The lowest BCUT2D eigenvalue weighted by Gasteiger charge is -2.17. The highest BCUT2D eigenvalue weighted by molar-refractivity contribution is 4.56. The van der Waals surface area contributed by atoms with Crippen molar-refractivity contribution in [1.82, 2.24) is 4.90 Å². The lowest BCUT2D eigenvalue weighted by molar-refractivity contribution is 0.163. The van der Waals surface area contributed by atoms with Crippen LogP contribution in [0.1, 0.15) is 40.0 Å². The Balaban J connectivity index is 3.25. The first kappa shape index (κ1) is 12.9. The molecule has 2 heteroatoms. The summed E-state index contributed by atoms with van der Waals surface area (Å²) in [7, 11) is 2.13. The van der Waals surface area contributed by atoms with E-state index in [0.29, 0.717) is 0 Å². The zero-order chi connectivity index (χ0) is 10.3. The summed E-state index contributed by atoms with van der Waals surface area (Å²) in [5, 5.41) is 9.09. The van der Waals surface area contributed by atoms with Crippen LogP contribution in [0, 0.1) is 5.92 Å². The molecule has 0 aromatic carbocycles. The number of nitrogens with zero attached hydrogens (tertiary/aromatic N) is 1. The van der Waals surface area contributed by atoms with Gasteiger partial charge in [0.15, 0.2) is 0 Å². The average molecular weight is 187 g/mol. The molecule has 80 valence electrons. The van der Waals surface area contributed by atoms with Crippen molar-refractivity contribution in [3.8, 4) is 0 Å². The summed E-state index contributed by atoms with van der Waals surface area (Å²) >= 11 is 0. The Bertz CT molecular complexity index is 113. The molecular weight excluding hydrogens is 162 g/mol. The van der Waals surface area contributed by atoms with Crippen LogP contribution in [-0.4, -0.2) is 36.2 Å². The van der Waals surface area contributed by atoms with Gasteiger partial charge in [-0.25, -0.2) is 0 Å². The minimum Gasteiger partial charge on any atom is -0.393 e. The normalized spacial score (nSPS) is 14.1. The topological polar surface area (TPSA) is 23.5 Å². The zero-order valence-corrected chi connectivity index (χ0v) is 9.58. The van der Waals surface area contributed by atoms with Crippen molar-refractivity contribution in [3.63, 3.8) is 0 Å². The molecule has 2 nitrogen and oxygen atoms in total. The fourth-order valence-corrected chi connectivity index (χ4v) is 1.29. The van der Waals surface area contributed by atoms with E-state index in [1.54, 1.807) is 0 Å². The molecule has 13 heavy (non-hydrogen) atoms. The Hall–Kier alpha value is -0.0800. The van der Waals surface area contributed by atoms with Crippen molar-refractivity contribution in [3.05, 3.63) is 0 Å². The van der Waals surface area contributed by atoms with Crippen molar-refractivity contribution in [2.24, 2.45) is 5.92 Å². The van der Waals surface area contributed by atoms with Crippen LogP contribution in [0.15, 0.2) is 0 Å². The molecule has 0 amide bonds. The van der Waals surface area contributed by atoms with Gasteiger partial charge in [-0.15, -0.1) is 0 Å². The molecule has 0 aliphatic rings. The van der Waals surface area contributed by atoms with Gasteiger partial charge in [0, 0.05) is 6.54 Å². The van der Waals surface area contributed by atoms with Gasteiger partial charge in [0.2, 0.25) is 0 Å². The van der Waals surface area contributed by atoms with Gasteiger partial charge in [0.05, 0.1) is 6.10 Å². The quantitative estimate of drug-likeness (QED) is 0.660. The van der Waals surface area contributed by atoms with Crippen LogP contribution in [0.2, 0.25) is 0 Å². The summed E-state index contributed by atoms with van der Waals surface area (Å²) < 4.78 is 0. The van der Waals surface area contributed by atoms with Crippen LogP contribution in [0.3, 0.4) is 0 Å². The van der Waals surface area contributed by atoms with E-state index in [4.69, 9.17) is 5.11 Å². The van der Waals surface area contributed by atoms with Crippen LogP contribution < -0.4 is 0 Å². The van der Waals surface area contributed by atoms with Gasteiger partial charge in [0.25, 0.3) is 0 Å². The number of rotatable bonds is 7. The van der Waals surface area contributed by atoms with E-state index >= 15 is 0 Å². The first-order valence-electron chi connectivity index (χ1n) is 5.39. The Morgan fingerprint density at radius 1 is 1.08 bits per heavy atom. The molecule has 1 unspecified atom stereocenters. The van der Waals surface area contributed by atoms with E-state index in [1.165, 1.54) is 12.8 Å². The van der Waals surface area contributed by atoms with Crippen molar-refractivity contribution in [2.45, 2.75) is 46.1 Å². The summed E-state index contributed by atoms with van der Waals surface area (Å²) in [6, 6.07) is 0. The smallest absolute Gasteiger partial charge is 0.0524 e. The summed E-state index contributed by atoms with van der Waals surface area (Å²) in [6.07, 6.45) is 3.30. The molecule has 0 aliphatic heterocycles. The highest BCUT2D eigenvalue weighted by Gasteiger charge is 2.01. The van der Waals surface area contributed by atoms with Gasteiger partial charge >= 0.3 is 0 Å². The van der Waals surface area contributed by atoms with Gasteiger partial charge in [0.1, 0.15) is 0 Å². The summed E-state index contributed by atoms with van der Waals surface area (Å²) in [5.41, 5.74) is 0. The van der Waals surface area contributed by atoms with E-state index in [1.807, 2.05) is 6.92 Å². The van der Waals surface area contributed by atoms with E-state index in [0.717, 1.165) is 25.4 Å². The predicted octanol–water partition coefficient (Wildman–Crippen LogP) is 2.13. The second kappa shape index (κ2) is 7.34. The van der Waals surface area contributed by atoms with E-state index < -0.39 is 0 Å². The second-order valence-corrected chi connectivity index (χ2v) is 4.48. The molecule has 0 heterocycles. The highest BCUT2D eigenvalue weighted by Crippen LogP contribution is 2.04. The second-order valence-electron chi connectivity index (χ2n) is 4.48. The summed E-state index contributed by atoms with van der Waals surface area (Å²) in [6.45, 7) is 8.54. The molecule has 1 atom stereocenters. The molecule has 0 fully saturated rings.